The van der Waals surface area contributed by atoms with E-state index in [-0.39, 0.29) is 114 Å². The Bertz CT molecular complexity index is 7990. The van der Waals surface area contributed by atoms with Crippen LogP contribution in [0.2, 0.25) is 0 Å². The van der Waals surface area contributed by atoms with Gasteiger partial charge in [-0.3, -0.25) is 34.1 Å². The Morgan fingerprint density at radius 3 is 1.10 bits per heavy atom. The van der Waals surface area contributed by atoms with Crippen LogP contribution in [0.3, 0.4) is 0 Å². The number of nitriles is 2. The quantitative estimate of drug-likeness (QED) is 0.0360. The minimum absolute atomic E-state index is 0. The molecule has 0 bridgehead atoms. The maximum absolute atomic E-state index is 14.9. The van der Waals surface area contributed by atoms with Crippen LogP contribution in [-0.4, -0.2) is 103 Å². The molecule has 0 atom stereocenters. The molecule has 1 saturated heterocycles. The predicted molar refractivity (Wildman–Crippen MR) is 527 cm³/mol. The maximum atomic E-state index is 14.9. The summed E-state index contributed by atoms with van der Waals surface area (Å²) >= 11 is 9.19. The van der Waals surface area contributed by atoms with E-state index < -0.39 is 101 Å². The van der Waals surface area contributed by atoms with E-state index in [1.807, 2.05) is 42.6 Å². The molecule has 29 nitrogen and oxygen atoms in total. The topological polar surface area (TPSA) is 414 Å². The minimum atomic E-state index is -4.39. The molecule has 10 aromatic carbocycles. The molecule has 4 aliphatic heterocycles. The second kappa shape index (κ2) is 42.1. The summed E-state index contributed by atoms with van der Waals surface area (Å²) < 4.78 is 257. The van der Waals surface area contributed by atoms with Crippen LogP contribution in [0.5, 0.6) is 34.5 Å². The fourth-order valence-electron chi connectivity index (χ4n) is 15.0. The van der Waals surface area contributed by atoms with Crippen molar-refractivity contribution in [2.75, 3.05) is 14.2 Å². The summed E-state index contributed by atoms with van der Waals surface area (Å²) in [5, 5.41) is 47.9. The van der Waals surface area contributed by atoms with Crippen LogP contribution in [-0.2, 0) is 75.1 Å². The molecular weight excluding hydrogens is 2240 g/mol. The Morgan fingerprint density at radius 1 is 0.410 bits per heavy atom. The summed E-state index contributed by atoms with van der Waals surface area (Å²) in [6.07, 6.45) is -5.26. The van der Waals surface area contributed by atoms with E-state index in [1.165, 1.54) is 75.8 Å². The van der Waals surface area contributed by atoms with Crippen LogP contribution in [0.1, 0.15) is 118 Å². The van der Waals surface area contributed by atoms with Gasteiger partial charge in [-0.1, -0.05) is 149 Å². The zero-order chi connectivity index (χ0) is 105. The van der Waals surface area contributed by atoms with E-state index in [1.54, 1.807) is 151 Å². The molecule has 0 radical (unpaired) electrons. The third-order valence-corrected chi connectivity index (χ3v) is 28.7. The number of aromatic amines is 1. The summed E-state index contributed by atoms with van der Waals surface area (Å²) in [4.78, 5) is 16.1. The Morgan fingerprint density at radius 2 is 0.729 bits per heavy atom. The normalized spacial score (nSPS) is 14.6. The number of rotatable bonds is 13. The summed E-state index contributed by atoms with van der Waals surface area (Å²) in [5.41, 5.74) is 2.67. The molecule has 15 aromatic rings. The van der Waals surface area contributed by atoms with Gasteiger partial charge in [0.05, 0.1) is 76.1 Å². The van der Waals surface area contributed by atoms with Gasteiger partial charge >= 0.3 is 45.5 Å². The number of nitrogens with one attached hydrogen (secondary N) is 4. The van der Waals surface area contributed by atoms with Crippen LogP contribution in [0.25, 0.3) is 77.3 Å². The van der Waals surface area contributed by atoms with Gasteiger partial charge in [-0.25, -0.2) is 38.4 Å². The largest absolute Gasteiger partial charge is 2.00 e. The van der Waals surface area contributed by atoms with E-state index in [0.29, 0.717) is 60.8 Å². The SMILES string of the molecule is Brc1ccc(I)c2ncccc12.CC(C)(C)c1ccc(S(=O)(=O)Nc2cc3c(cc2-c2ccc(-c4nn[nH]n4)c4ncccc24)OC(F)(F)O3)cc1F.CC(C)(C)c1ccc(S(=O)(=O)Nc2cc3c(cc2-c2ccc(C#N)c4ncccc24)OC(F)(F)O3)cc1F.CC(C)(C)c1ccc(S(=O)(=O)Nc2cc3c(cc2B2OC(C)(C)C(C)(C)O2)OC(F)(F)O3)cc1F.N#Cc1ccc(Br)c2cccnc12.[C-]#N.[C-]#N.[Zn+2]. The number of hydrogen-bond donors (Lipinski definition) is 4. The zero-order valence-electron chi connectivity index (χ0n) is 77.9. The molecule has 144 heavy (non-hydrogen) atoms. The second-order valence-electron chi connectivity index (χ2n) is 35.7. The molecule has 4 aliphatic rings. The third-order valence-electron chi connectivity index (χ3n) is 22.4. The molecule has 5 aromatic heterocycles. The Labute approximate surface area is 863 Å². The molecule has 19 rings (SSSR count). The monoisotopic (exact) mass is 2320 g/mol. The van der Waals surface area contributed by atoms with Crippen molar-refractivity contribution in [2.24, 2.45) is 0 Å². The molecule has 4 N–H and O–H groups in total. The van der Waals surface area contributed by atoms with Crippen LogP contribution < -0.4 is 48.1 Å². The van der Waals surface area contributed by atoms with Crippen molar-refractivity contribution in [1.29, 1.82) is 21.0 Å². The Balaban J connectivity index is 0.000000168. The standard InChI is InChI=1S/C27H21F3N6O4S.C27H20F3N3O4S.C23H27BF3NO6S.C10H5BrN2.C9H5BrIN.2CN.Zn/c1-26(2,3)19-9-6-14(11-20(19)28)41(37,38)34-21-13-23-22(39-27(29,30)40-23)12-18(21)15-7-8-17(25-32-35-36-33-25)24-16(15)5-4-10-31-24;1-26(2,3)20-9-7-16(11-21(20)28)38(34,35)33-22-13-24-23(36-27(29,30)37-24)12-19(22)17-8-6-15(14-31)25-18(17)5-4-10-32-25;1-20(2,3)14-9-8-13(10-16(14)25)35(29,30)28-17-12-19-18(31-23(26,27)32-19)11-15(17)24-33-21(4,5)22(6,7)34-24;11-9-4-3-7(6-12)10-8(9)2-1-5-13-10;10-7-3-4-8(11)9-6(7)2-1-5-12-9;2*1-2;/h4-13,34H,1-3H3,(H,32,33,35,36);4-13,33H,1-3H3;8-12,28H,1-7H3;1-5H;1-5H;;;/q;;;;;2*-1;+2. The van der Waals surface area contributed by atoms with Crippen LogP contribution in [0.4, 0.5) is 56.6 Å². The van der Waals surface area contributed by atoms with Gasteiger partial charge in [0.25, 0.3) is 30.1 Å². The summed E-state index contributed by atoms with van der Waals surface area (Å²) in [7, 11) is -14.2. The molecule has 9 heterocycles. The number of fused-ring (bicyclic) bond motifs is 7. The van der Waals surface area contributed by atoms with E-state index in [2.05, 4.69) is 156 Å². The van der Waals surface area contributed by atoms with Crippen LogP contribution >= 0.6 is 54.5 Å². The first-order valence-electron chi connectivity index (χ1n) is 42.2. The number of ether oxygens (including phenoxy) is 6. The number of pyridine rings is 4. The van der Waals surface area contributed by atoms with Gasteiger partial charge in [-0.2, -0.15) is 15.7 Å². The number of hydrogen-bond acceptors (Lipinski definition) is 25. The fourth-order valence-corrected chi connectivity index (χ4v) is 19.8. The summed E-state index contributed by atoms with van der Waals surface area (Å²) in [6.45, 7) is 32.9. The van der Waals surface area contributed by atoms with Crippen molar-refractivity contribution >= 4 is 158 Å². The van der Waals surface area contributed by atoms with Crippen molar-refractivity contribution in [2.45, 2.75) is 151 Å². The van der Waals surface area contributed by atoms with Gasteiger partial charge in [-0.15, -0.1) is 36.5 Å². The maximum Gasteiger partial charge on any atom is 2.00 e. The van der Waals surface area contributed by atoms with E-state index in [0.717, 1.165) is 61.8 Å². The number of alkyl halides is 6. The molecule has 0 spiro atoms. The van der Waals surface area contributed by atoms with Gasteiger partial charge in [-0.05, 0) is 215 Å². The molecule has 0 amide bonds. The number of nitrogens with zero attached hydrogens (tertiary/aromatic N) is 11. The first kappa shape index (κ1) is 109. The van der Waals surface area contributed by atoms with Gasteiger partial charge in [0.1, 0.15) is 29.6 Å². The number of benzene rings is 10. The van der Waals surface area contributed by atoms with E-state index >= 15 is 0 Å². The van der Waals surface area contributed by atoms with Gasteiger partial charge in [0.15, 0.2) is 34.5 Å². The number of tetrazole rings is 1. The molecule has 0 unspecified atom stereocenters. The smallest absolute Gasteiger partial charge is 0.512 e. The summed E-state index contributed by atoms with van der Waals surface area (Å²) in [5.74, 6) is -3.86. The average molecular weight is 2320 g/mol. The molecule has 1 fully saturated rings. The van der Waals surface area contributed by atoms with Crippen LogP contribution in [0, 0.1) is 67.4 Å². The van der Waals surface area contributed by atoms with Crippen molar-refractivity contribution < 1.29 is 122 Å². The predicted octanol–water partition coefficient (Wildman–Crippen LogP) is 23.2. The Hall–Kier alpha value is -13.4. The fraction of sp³-hybridized carbons (Fsp3) is 0.214. The Kier molecular flexibility index (Phi) is 32.0. The number of H-pyrrole nitrogens is 1. The second-order valence-corrected chi connectivity index (χ2v) is 43.6. The molecule has 736 valence electrons. The van der Waals surface area contributed by atoms with Crippen molar-refractivity contribution in [1.82, 2.24) is 40.6 Å². The molecule has 0 saturated carbocycles. The van der Waals surface area contributed by atoms with Crippen LogP contribution in [0.15, 0.2) is 236 Å². The summed E-state index contributed by atoms with van der Waals surface area (Å²) in [6, 6.07) is 50.3. The zero-order valence-corrected chi connectivity index (χ0v) is 88.6. The van der Waals surface area contributed by atoms with E-state index in [4.69, 9.17) is 38.2 Å². The number of anilines is 3. The first-order valence-corrected chi connectivity index (χ1v) is 49.3. The number of aromatic nitrogens is 8. The van der Waals surface area contributed by atoms with Gasteiger partial charge < -0.3 is 61.4 Å². The minimum Gasteiger partial charge on any atom is -0.512 e. The molecule has 0 aliphatic carbocycles. The molecular formula is C98H78BBr2F9IN15O14S3Zn. The van der Waals surface area contributed by atoms with E-state index in [9.17, 15) is 70.0 Å². The van der Waals surface area contributed by atoms with Gasteiger partial charge in [0, 0.05) is 99.2 Å². The van der Waals surface area contributed by atoms with Gasteiger partial charge in [0.2, 0.25) is 5.82 Å². The number of sulfonamides is 3. The third kappa shape index (κ3) is 23.8. The van der Waals surface area contributed by atoms with Crippen molar-refractivity contribution in [3.05, 3.63) is 284 Å². The average Bonchev–Trinajstić information content (AvgIpc) is 1.60. The first-order chi connectivity index (χ1) is 67.0. The number of halogens is 12. The van der Waals surface area contributed by atoms with Crippen molar-refractivity contribution in [3.63, 3.8) is 0 Å². The van der Waals surface area contributed by atoms with Crippen molar-refractivity contribution in [3.8, 4) is 80.3 Å². The molecule has 46 heteroatoms.